The molecule has 1 N–H and O–H groups in total. The molecule has 2 atom stereocenters. The predicted octanol–water partition coefficient (Wildman–Crippen LogP) is 1.14. The molecule has 0 amide bonds. The number of hydrogen-bond acceptors (Lipinski definition) is 4. The fourth-order valence-corrected chi connectivity index (χ4v) is 2.35. The van der Waals surface area contributed by atoms with E-state index in [0.29, 0.717) is 5.71 Å². The van der Waals surface area contributed by atoms with Crippen LogP contribution in [0.25, 0.3) is 0 Å². The first-order valence-corrected chi connectivity index (χ1v) is 5.65. The molecule has 2 unspecified atom stereocenters. The Hall–Kier alpha value is -2.30. The van der Waals surface area contributed by atoms with Gasteiger partial charge in [-0.3, -0.25) is 14.8 Å². The minimum Gasteiger partial charge on any atom is -0.478 e. The van der Waals surface area contributed by atoms with Crippen molar-refractivity contribution in [3.63, 3.8) is 0 Å². The lowest BCUT2D eigenvalue weighted by atomic mass is 9.78. The Balaban J connectivity index is 2.10. The van der Waals surface area contributed by atoms with E-state index < -0.39 is 17.7 Å². The van der Waals surface area contributed by atoms with Crippen molar-refractivity contribution >= 4 is 23.2 Å². The SMILES string of the molecule is O=C(O)C1=CN=C2C3=NC=CCC3C=CC2C1=O. The molecule has 0 spiro atoms. The summed E-state index contributed by atoms with van der Waals surface area (Å²) in [6.07, 6.45) is 9.28. The average molecular weight is 242 g/mol. The monoisotopic (exact) mass is 242 g/mol. The molecule has 2 heterocycles. The van der Waals surface area contributed by atoms with Crippen LogP contribution < -0.4 is 0 Å². The quantitative estimate of drug-likeness (QED) is 0.553. The number of ketones is 1. The third-order valence-corrected chi connectivity index (χ3v) is 3.26. The van der Waals surface area contributed by atoms with Gasteiger partial charge in [0.1, 0.15) is 5.57 Å². The van der Waals surface area contributed by atoms with Crippen molar-refractivity contribution in [1.29, 1.82) is 0 Å². The molecule has 0 saturated heterocycles. The maximum atomic E-state index is 12.0. The lowest BCUT2D eigenvalue weighted by Gasteiger charge is -2.28. The number of rotatable bonds is 1. The first-order valence-electron chi connectivity index (χ1n) is 5.65. The zero-order valence-corrected chi connectivity index (χ0v) is 9.41. The number of carbonyl (C=O) groups is 2. The van der Waals surface area contributed by atoms with E-state index in [4.69, 9.17) is 5.11 Å². The summed E-state index contributed by atoms with van der Waals surface area (Å²) in [7, 11) is 0. The molecule has 3 aliphatic rings. The van der Waals surface area contributed by atoms with Gasteiger partial charge in [-0.2, -0.15) is 0 Å². The second kappa shape index (κ2) is 3.87. The van der Waals surface area contributed by atoms with Crippen LogP contribution in [-0.4, -0.2) is 28.3 Å². The second-order valence-corrected chi connectivity index (χ2v) is 4.33. The lowest BCUT2D eigenvalue weighted by Crippen LogP contribution is -2.40. The molecule has 5 nitrogen and oxygen atoms in total. The van der Waals surface area contributed by atoms with E-state index in [9.17, 15) is 9.59 Å². The molecular formula is C13H10N2O3. The summed E-state index contributed by atoms with van der Waals surface area (Å²) in [5.74, 6) is -2.09. The molecule has 0 fully saturated rings. The Kier molecular flexibility index (Phi) is 2.33. The fraction of sp³-hybridized carbons (Fsp3) is 0.231. The van der Waals surface area contributed by atoms with Crippen LogP contribution in [0.2, 0.25) is 0 Å². The van der Waals surface area contributed by atoms with Gasteiger partial charge < -0.3 is 5.11 Å². The van der Waals surface area contributed by atoms with Crippen molar-refractivity contribution in [2.45, 2.75) is 6.42 Å². The van der Waals surface area contributed by atoms with E-state index in [1.54, 1.807) is 12.3 Å². The van der Waals surface area contributed by atoms with Gasteiger partial charge in [-0.25, -0.2) is 4.79 Å². The summed E-state index contributed by atoms with van der Waals surface area (Å²) < 4.78 is 0. The van der Waals surface area contributed by atoms with E-state index in [0.717, 1.165) is 18.3 Å². The normalized spacial score (nSPS) is 28.9. The number of allylic oxidation sites excluding steroid dienone is 3. The Morgan fingerprint density at radius 1 is 1.28 bits per heavy atom. The number of carbonyl (C=O) groups excluding carboxylic acids is 1. The third kappa shape index (κ3) is 1.48. The molecule has 0 aromatic carbocycles. The zero-order chi connectivity index (χ0) is 12.7. The van der Waals surface area contributed by atoms with Crippen LogP contribution in [0.4, 0.5) is 0 Å². The highest BCUT2D eigenvalue weighted by Crippen LogP contribution is 2.28. The summed E-state index contributed by atoms with van der Waals surface area (Å²) in [6, 6.07) is 0. The van der Waals surface area contributed by atoms with Gasteiger partial charge in [0.15, 0.2) is 5.78 Å². The minimum absolute atomic E-state index is 0.151. The summed E-state index contributed by atoms with van der Waals surface area (Å²) in [5, 5.41) is 8.91. The number of aliphatic carboxylic acids is 1. The van der Waals surface area contributed by atoms with Gasteiger partial charge in [0, 0.05) is 18.3 Å². The van der Waals surface area contributed by atoms with Gasteiger partial charge >= 0.3 is 5.97 Å². The first-order chi connectivity index (χ1) is 8.68. The highest BCUT2D eigenvalue weighted by atomic mass is 16.4. The Bertz CT molecular complexity index is 593. The van der Waals surface area contributed by atoms with Gasteiger partial charge in [0.25, 0.3) is 0 Å². The van der Waals surface area contributed by atoms with Crippen molar-refractivity contribution in [3.8, 4) is 0 Å². The second-order valence-electron chi connectivity index (χ2n) is 4.33. The van der Waals surface area contributed by atoms with Crippen molar-refractivity contribution in [3.05, 3.63) is 36.2 Å². The van der Waals surface area contributed by atoms with Gasteiger partial charge in [-0.15, -0.1) is 0 Å². The topological polar surface area (TPSA) is 79.1 Å². The van der Waals surface area contributed by atoms with E-state index in [2.05, 4.69) is 9.98 Å². The molecule has 1 aliphatic carbocycles. The summed E-state index contributed by atoms with van der Waals surface area (Å²) in [5.41, 5.74) is 1.10. The molecule has 0 aromatic heterocycles. The molecule has 5 heteroatoms. The van der Waals surface area contributed by atoms with Crippen LogP contribution in [0.5, 0.6) is 0 Å². The standard InChI is InChI=1S/C13H10N2O3/c16-12-8-4-3-7-2-1-5-14-10(7)11(8)15-6-9(12)13(17)18/h1,3-8H,2H2,(H,17,18). The molecule has 3 rings (SSSR count). The third-order valence-electron chi connectivity index (χ3n) is 3.26. The summed E-state index contributed by atoms with van der Waals surface area (Å²) >= 11 is 0. The fourth-order valence-electron chi connectivity index (χ4n) is 2.35. The molecule has 0 radical (unpaired) electrons. The number of hydrogen-bond donors (Lipinski definition) is 1. The van der Waals surface area contributed by atoms with E-state index in [1.165, 1.54) is 0 Å². The molecule has 0 saturated carbocycles. The van der Waals surface area contributed by atoms with Gasteiger partial charge in [0.2, 0.25) is 0 Å². The molecule has 0 aromatic rings. The van der Waals surface area contributed by atoms with Crippen LogP contribution in [-0.2, 0) is 9.59 Å². The molecule has 18 heavy (non-hydrogen) atoms. The zero-order valence-electron chi connectivity index (χ0n) is 9.41. The number of nitrogens with zero attached hydrogens (tertiary/aromatic N) is 2. The largest absolute Gasteiger partial charge is 0.478 e. The van der Waals surface area contributed by atoms with E-state index >= 15 is 0 Å². The predicted molar refractivity (Wildman–Crippen MR) is 65.5 cm³/mol. The number of Topliss-reactive ketones (excluding diaryl/α,β-unsaturated/α-hetero) is 1. The number of aliphatic imine (C=N–C) groups is 2. The molecule has 2 aliphatic heterocycles. The van der Waals surface area contributed by atoms with Crippen LogP contribution in [0.3, 0.4) is 0 Å². The minimum atomic E-state index is -1.23. The van der Waals surface area contributed by atoms with Crippen LogP contribution in [0.15, 0.2) is 46.2 Å². The van der Waals surface area contributed by atoms with Crippen molar-refractivity contribution in [1.82, 2.24) is 0 Å². The summed E-state index contributed by atoms with van der Waals surface area (Å²) in [4.78, 5) is 31.3. The Labute approximate surface area is 103 Å². The van der Waals surface area contributed by atoms with Crippen LogP contribution in [0, 0.1) is 11.8 Å². The number of carboxylic acids is 1. The van der Waals surface area contributed by atoms with Gasteiger partial charge in [0.05, 0.1) is 17.3 Å². The number of fused-ring (bicyclic) bond motifs is 3. The smallest absolute Gasteiger partial charge is 0.340 e. The van der Waals surface area contributed by atoms with Crippen molar-refractivity contribution in [2.24, 2.45) is 21.8 Å². The van der Waals surface area contributed by atoms with E-state index in [1.807, 2.05) is 12.2 Å². The molecule has 90 valence electrons. The Morgan fingerprint density at radius 2 is 2.11 bits per heavy atom. The van der Waals surface area contributed by atoms with Gasteiger partial charge in [-0.1, -0.05) is 18.2 Å². The summed E-state index contributed by atoms with van der Waals surface area (Å²) in [6.45, 7) is 0. The highest BCUT2D eigenvalue weighted by Gasteiger charge is 2.38. The maximum absolute atomic E-state index is 12.0. The van der Waals surface area contributed by atoms with Crippen LogP contribution in [0.1, 0.15) is 6.42 Å². The highest BCUT2D eigenvalue weighted by molar-refractivity contribution is 6.51. The maximum Gasteiger partial charge on any atom is 0.340 e. The van der Waals surface area contributed by atoms with E-state index in [-0.39, 0.29) is 11.5 Å². The first kappa shape index (κ1) is 10.8. The molecule has 0 bridgehead atoms. The van der Waals surface area contributed by atoms with Crippen molar-refractivity contribution in [2.75, 3.05) is 0 Å². The van der Waals surface area contributed by atoms with Crippen molar-refractivity contribution < 1.29 is 14.7 Å². The number of carboxylic acid groups (broad SMARTS) is 1. The molecular weight excluding hydrogens is 232 g/mol. The Morgan fingerprint density at radius 3 is 2.89 bits per heavy atom. The van der Waals surface area contributed by atoms with Crippen LogP contribution >= 0.6 is 0 Å². The average Bonchev–Trinajstić information content (AvgIpc) is 2.38. The lowest BCUT2D eigenvalue weighted by molar-refractivity contribution is -0.134. The van der Waals surface area contributed by atoms with Gasteiger partial charge in [-0.05, 0) is 6.42 Å².